The molecule has 0 radical (unpaired) electrons. The van der Waals surface area contributed by atoms with Crippen LogP contribution in [0.4, 0.5) is 5.82 Å². The summed E-state index contributed by atoms with van der Waals surface area (Å²) in [5.41, 5.74) is 2.38. The fourth-order valence-corrected chi connectivity index (χ4v) is 2.42. The van der Waals surface area contributed by atoms with Gasteiger partial charge in [0.05, 0.1) is 0 Å². The van der Waals surface area contributed by atoms with Crippen molar-refractivity contribution in [1.82, 2.24) is 10.3 Å². The highest BCUT2D eigenvalue weighted by Crippen LogP contribution is 2.26. The van der Waals surface area contributed by atoms with Crippen LogP contribution in [0.25, 0.3) is 10.8 Å². The quantitative estimate of drug-likeness (QED) is 0.815. The van der Waals surface area contributed by atoms with Crippen LogP contribution in [0, 0.1) is 0 Å². The normalized spacial score (nSPS) is 10.8. The Morgan fingerprint density at radius 1 is 1.30 bits per heavy atom. The number of fused-ring (bicyclic) bond motifs is 1. The molecule has 106 valence electrons. The van der Waals surface area contributed by atoms with Crippen molar-refractivity contribution in [3.63, 3.8) is 0 Å². The molecule has 0 spiro atoms. The smallest absolute Gasteiger partial charge is 0.136 e. The summed E-state index contributed by atoms with van der Waals surface area (Å²) in [5.74, 6) is 1.02. The minimum absolute atomic E-state index is 0.823. The molecule has 0 aliphatic rings. The first-order chi connectivity index (χ1) is 9.63. The van der Waals surface area contributed by atoms with Crippen molar-refractivity contribution >= 4 is 16.6 Å². The van der Waals surface area contributed by atoms with Gasteiger partial charge >= 0.3 is 0 Å². The van der Waals surface area contributed by atoms with Crippen LogP contribution in [0.3, 0.4) is 0 Å². The van der Waals surface area contributed by atoms with Crippen LogP contribution >= 0.6 is 0 Å². The van der Waals surface area contributed by atoms with Gasteiger partial charge in [-0.05, 0) is 24.4 Å². The van der Waals surface area contributed by atoms with Gasteiger partial charge in [-0.15, -0.1) is 0 Å². The lowest BCUT2D eigenvalue weighted by Crippen LogP contribution is -2.21. The zero-order valence-electron chi connectivity index (χ0n) is 12.6. The average Bonchev–Trinajstić information content (AvgIpc) is 2.43. The number of pyridine rings is 1. The van der Waals surface area contributed by atoms with Crippen molar-refractivity contribution in [3.8, 4) is 0 Å². The molecule has 0 atom stereocenters. The number of nitrogens with zero attached hydrogens (tertiary/aromatic N) is 2. The summed E-state index contributed by atoms with van der Waals surface area (Å²) in [4.78, 5) is 6.81. The summed E-state index contributed by atoms with van der Waals surface area (Å²) < 4.78 is 0. The Morgan fingerprint density at radius 2 is 2.00 bits per heavy atom. The Morgan fingerprint density at radius 3 is 2.65 bits per heavy atom. The number of hydrogen-bond acceptors (Lipinski definition) is 3. The van der Waals surface area contributed by atoms with E-state index < -0.39 is 0 Å². The summed E-state index contributed by atoms with van der Waals surface area (Å²) in [5, 5.41) is 5.84. The van der Waals surface area contributed by atoms with Crippen LogP contribution < -0.4 is 10.2 Å². The minimum Gasteiger partial charge on any atom is -0.355 e. The van der Waals surface area contributed by atoms with Crippen LogP contribution in [0.15, 0.2) is 42.6 Å². The highest BCUT2D eigenvalue weighted by atomic mass is 15.2. The monoisotopic (exact) mass is 269 g/mol. The van der Waals surface area contributed by atoms with Gasteiger partial charge in [-0.3, -0.25) is 0 Å². The first-order valence-corrected chi connectivity index (χ1v) is 7.06. The number of aromatic nitrogens is 1. The van der Waals surface area contributed by atoms with E-state index in [1.807, 2.05) is 13.1 Å². The number of likely N-dealkylation sites (N-methyl/N-ethyl adjacent to an activating group) is 1. The Bertz CT molecular complexity index is 604. The molecule has 2 rings (SSSR count). The predicted molar refractivity (Wildman–Crippen MR) is 87.2 cm³/mol. The fourth-order valence-electron chi connectivity index (χ4n) is 2.42. The van der Waals surface area contributed by atoms with Gasteiger partial charge < -0.3 is 10.2 Å². The van der Waals surface area contributed by atoms with E-state index in [0.29, 0.717) is 0 Å². The molecule has 3 nitrogen and oxygen atoms in total. The van der Waals surface area contributed by atoms with Crippen LogP contribution in [0.2, 0.25) is 0 Å². The second-order valence-corrected chi connectivity index (χ2v) is 5.25. The molecule has 0 aliphatic heterocycles. The molecule has 1 aromatic carbocycles. The Balaban J connectivity index is 2.45. The van der Waals surface area contributed by atoms with E-state index >= 15 is 0 Å². The van der Waals surface area contributed by atoms with Gasteiger partial charge in [0.15, 0.2) is 0 Å². The summed E-state index contributed by atoms with van der Waals surface area (Å²) in [7, 11) is 2.06. The van der Waals surface area contributed by atoms with Gasteiger partial charge in [-0.2, -0.15) is 0 Å². The summed E-state index contributed by atoms with van der Waals surface area (Å²) in [6, 6.07) is 8.46. The summed E-state index contributed by atoms with van der Waals surface area (Å²) in [6.45, 7) is 10.8. The Hall–Kier alpha value is -1.87. The molecule has 0 fully saturated rings. The van der Waals surface area contributed by atoms with Gasteiger partial charge in [0, 0.05) is 31.7 Å². The van der Waals surface area contributed by atoms with Crippen molar-refractivity contribution in [2.75, 3.05) is 25.0 Å². The van der Waals surface area contributed by atoms with Crippen LogP contribution in [-0.4, -0.2) is 25.1 Å². The van der Waals surface area contributed by atoms with Gasteiger partial charge in [0.25, 0.3) is 0 Å². The van der Waals surface area contributed by atoms with E-state index in [4.69, 9.17) is 0 Å². The molecule has 3 heteroatoms. The van der Waals surface area contributed by atoms with Gasteiger partial charge in [0.2, 0.25) is 0 Å². The van der Waals surface area contributed by atoms with Crippen molar-refractivity contribution in [3.05, 3.63) is 48.2 Å². The average molecular weight is 269 g/mol. The molecule has 0 aliphatic carbocycles. The Kier molecular flexibility index (Phi) is 4.74. The van der Waals surface area contributed by atoms with Crippen LogP contribution in [0.1, 0.15) is 19.4 Å². The van der Waals surface area contributed by atoms with Crippen molar-refractivity contribution in [2.45, 2.75) is 20.4 Å². The van der Waals surface area contributed by atoms with Gasteiger partial charge in [-0.25, -0.2) is 4.98 Å². The second kappa shape index (κ2) is 6.53. The number of hydrogen-bond donors (Lipinski definition) is 1. The Labute approximate surface area is 121 Å². The first kappa shape index (κ1) is 14.5. The maximum Gasteiger partial charge on any atom is 0.136 e. The van der Waals surface area contributed by atoms with E-state index in [1.54, 1.807) is 0 Å². The highest BCUT2D eigenvalue weighted by Gasteiger charge is 2.10. The van der Waals surface area contributed by atoms with Crippen LogP contribution in [0.5, 0.6) is 0 Å². The standard InChI is InChI=1S/C17H23N3/c1-5-18-10-14-11-19-17(20(4)12-13(2)3)16-9-7-6-8-15(14)16/h6-9,11,18H,2,5,10,12H2,1,3-4H3. The zero-order valence-corrected chi connectivity index (χ0v) is 12.6. The molecule has 0 saturated carbocycles. The molecule has 0 unspecified atom stereocenters. The zero-order chi connectivity index (χ0) is 14.5. The molecule has 2 aromatic rings. The van der Waals surface area contributed by atoms with Gasteiger partial charge in [-0.1, -0.05) is 43.3 Å². The maximum atomic E-state index is 4.66. The fraction of sp³-hybridized carbons (Fsp3) is 0.353. The lowest BCUT2D eigenvalue weighted by Gasteiger charge is -2.21. The minimum atomic E-state index is 0.823. The van der Waals surface area contributed by atoms with Gasteiger partial charge in [0.1, 0.15) is 5.82 Å². The summed E-state index contributed by atoms with van der Waals surface area (Å²) in [6.07, 6.45) is 1.98. The highest BCUT2D eigenvalue weighted by molar-refractivity contribution is 5.94. The van der Waals surface area contributed by atoms with E-state index in [-0.39, 0.29) is 0 Å². The maximum absolute atomic E-state index is 4.66. The summed E-state index contributed by atoms with van der Waals surface area (Å²) >= 11 is 0. The first-order valence-electron chi connectivity index (χ1n) is 7.06. The van der Waals surface area contributed by atoms with Crippen molar-refractivity contribution < 1.29 is 0 Å². The topological polar surface area (TPSA) is 28.2 Å². The second-order valence-electron chi connectivity index (χ2n) is 5.25. The number of anilines is 1. The molecule has 0 amide bonds. The van der Waals surface area contributed by atoms with Crippen LogP contribution in [-0.2, 0) is 6.54 Å². The molecule has 20 heavy (non-hydrogen) atoms. The third-order valence-corrected chi connectivity index (χ3v) is 3.29. The molecule has 0 saturated heterocycles. The molecule has 0 bridgehead atoms. The van der Waals surface area contributed by atoms with Crippen molar-refractivity contribution in [1.29, 1.82) is 0 Å². The molecular weight excluding hydrogens is 246 g/mol. The molecule has 1 N–H and O–H groups in total. The SMILES string of the molecule is C=C(C)CN(C)c1ncc(CNCC)c2ccccc12. The molecule has 1 aromatic heterocycles. The molecule has 1 heterocycles. The predicted octanol–water partition coefficient (Wildman–Crippen LogP) is 3.36. The van der Waals surface area contributed by atoms with E-state index in [0.717, 1.165) is 31.0 Å². The third-order valence-electron chi connectivity index (χ3n) is 3.29. The third kappa shape index (κ3) is 3.17. The van der Waals surface area contributed by atoms with E-state index in [2.05, 4.69) is 60.0 Å². The molecular formula is C17H23N3. The lowest BCUT2D eigenvalue weighted by atomic mass is 10.1. The van der Waals surface area contributed by atoms with E-state index in [9.17, 15) is 0 Å². The number of nitrogens with one attached hydrogen (secondary N) is 1. The number of benzene rings is 1. The van der Waals surface area contributed by atoms with E-state index in [1.165, 1.54) is 16.3 Å². The van der Waals surface area contributed by atoms with Crippen molar-refractivity contribution in [2.24, 2.45) is 0 Å². The largest absolute Gasteiger partial charge is 0.355 e. The number of rotatable bonds is 6. The lowest BCUT2D eigenvalue weighted by molar-refractivity contribution is 0.728.